The average Bonchev–Trinajstić information content (AvgIpc) is 2.00. The molecule has 2 rings (SSSR count). The van der Waals surface area contributed by atoms with Gasteiger partial charge in [-0.1, -0.05) is 28.4 Å². The Morgan fingerprint density at radius 1 is 1.43 bits per heavy atom. The lowest BCUT2D eigenvalue weighted by molar-refractivity contribution is 0.0592. The predicted molar refractivity (Wildman–Crippen MR) is 56.4 cm³/mol. The molecule has 1 aromatic rings. The molecule has 0 aromatic heterocycles. The van der Waals surface area contributed by atoms with E-state index in [4.69, 9.17) is 0 Å². The van der Waals surface area contributed by atoms with E-state index in [0.717, 1.165) is 19.3 Å². The maximum atomic E-state index is 13.4. The summed E-state index contributed by atoms with van der Waals surface area (Å²) in [4.78, 5) is 0. The third-order valence-corrected chi connectivity index (χ3v) is 3.37. The molecular weight excluding hydrogens is 247 g/mol. The molecule has 1 unspecified atom stereocenters. The van der Waals surface area contributed by atoms with E-state index in [9.17, 15) is 9.50 Å². The summed E-state index contributed by atoms with van der Waals surface area (Å²) in [5.41, 5.74) is 0.429. The van der Waals surface area contributed by atoms with Crippen molar-refractivity contribution in [3.05, 3.63) is 34.1 Å². The molecule has 3 heteroatoms. The van der Waals surface area contributed by atoms with Crippen LogP contribution in [0.5, 0.6) is 0 Å². The van der Waals surface area contributed by atoms with E-state index < -0.39 is 6.10 Å². The zero-order valence-electron chi connectivity index (χ0n) is 7.71. The summed E-state index contributed by atoms with van der Waals surface area (Å²) in [6.45, 7) is 0. The Balaban J connectivity index is 2.22. The number of aliphatic hydroxyl groups excluding tert-OH is 1. The summed E-state index contributed by atoms with van der Waals surface area (Å²) >= 11 is 3.19. The highest BCUT2D eigenvalue weighted by atomic mass is 79.9. The van der Waals surface area contributed by atoms with E-state index in [2.05, 4.69) is 15.9 Å². The Kier molecular flexibility index (Phi) is 2.88. The number of rotatable bonds is 2. The zero-order valence-corrected chi connectivity index (χ0v) is 9.30. The normalized spacial score (nSPS) is 19.1. The number of hydrogen-bond donors (Lipinski definition) is 1. The maximum absolute atomic E-state index is 13.4. The Labute approximate surface area is 91.1 Å². The van der Waals surface area contributed by atoms with E-state index >= 15 is 0 Å². The van der Waals surface area contributed by atoms with Gasteiger partial charge in [0.2, 0.25) is 0 Å². The predicted octanol–water partition coefficient (Wildman–Crippen LogP) is 3.42. The van der Waals surface area contributed by atoms with Crippen molar-refractivity contribution >= 4 is 15.9 Å². The molecule has 1 aliphatic carbocycles. The van der Waals surface area contributed by atoms with Gasteiger partial charge >= 0.3 is 0 Å². The van der Waals surface area contributed by atoms with Gasteiger partial charge < -0.3 is 5.11 Å². The van der Waals surface area contributed by atoms with Gasteiger partial charge in [0.25, 0.3) is 0 Å². The third-order valence-electron chi connectivity index (χ3n) is 2.88. The summed E-state index contributed by atoms with van der Waals surface area (Å²) in [6, 6.07) is 4.82. The zero-order chi connectivity index (χ0) is 10.1. The van der Waals surface area contributed by atoms with E-state index in [1.807, 2.05) is 0 Å². The second-order valence-electron chi connectivity index (χ2n) is 3.80. The maximum Gasteiger partial charge on any atom is 0.130 e. The second kappa shape index (κ2) is 3.99. The van der Waals surface area contributed by atoms with Gasteiger partial charge in [-0.15, -0.1) is 0 Å². The first-order valence-electron chi connectivity index (χ1n) is 4.81. The molecule has 1 saturated carbocycles. The monoisotopic (exact) mass is 258 g/mol. The highest BCUT2D eigenvalue weighted by molar-refractivity contribution is 9.10. The molecule has 0 amide bonds. The summed E-state index contributed by atoms with van der Waals surface area (Å²) in [6.07, 6.45) is 2.55. The van der Waals surface area contributed by atoms with Gasteiger partial charge in [-0.2, -0.15) is 0 Å². The number of aliphatic hydroxyl groups is 1. The van der Waals surface area contributed by atoms with Gasteiger partial charge in [-0.3, -0.25) is 0 Å². The first-order chi connectivity index (χ1) is 6.68. The SMILES string of the molecule is OC(c1ccc(Br)cc1F)C1CCC1. The van der Waals surface area contributed by atoms with E-state index in [-0.39, 0.29) is 11.7 Å². The standard InChI is InChI=1S/C11H12BrFO/c12-8-4-5-9(10(13)6-8)11(14)7-2-1-3-7/h4-7,11,14H,1-3H2. The lowest BCUT2D eigenvalue weighted by Crippen LogP contribution is -2.20. The minimum absolute atomic E-state index is 0.255. The number of benzene rings is 1. The van der Waals surface area contributed by atoms with E-state index in [1.165, 1.54) is 6.07 Å². The largest absolute Gasteiger partial charge is 0.388 e. The molecule has 1 N–H and O–H groups in total. The molecule has 1 nitrogen and oxygen atoms in total. The van der Waals surface area contributed by atoms with Crippen LogP contribution in [-0.2, 0) is 0 Å². The lowest BCUT2D eigenvalue weighted by Gasteiger charge is -2.30. The molecular formula is C11H12BrFO. The molecule has 0 bridgehead atoms. The first kappa shape index (κ1) is 10.1. The van der Waals surface area contributed by atoms with Crippen molar-refractivity contribution in [2.24, 2.45) is 5.92 Å². The van der Waals surface area contributed by atoms with Gasteiger partial charge in [0, 0.05) is 10.0 Å². The Hall–Kier alpha value is -0.410. The van der Waals surface area contributed by atoms with Gasteiger partial charge in [0.1, 0.15) is 5.82 Å². The second-order valence-corrected chi connectivity index (χ2v) is 4.72. The van der Waals surface area contributed by atoms with Crippen LogP contribution in [0.15, 0.2) is 22.7 Å². The van der Waals surface area contributed by atoms with Crippen molar-refractivity contribution < 1.29 is 9.50 Å². The molecule has 1 aromatic carbocycles. The lowest BCUT2D eigenvalue weighted by atomic mass is 9.79. The van der Waals surface area contributed by atoms with Crippen LogP contribution >= 0.6 is 15.9 Å². The fourth-order valence-electron chi connectivity index (χ4n) is 1.75. The molecule has 1 aliphatic rings. The molecule has 0 spiro atoms. The van der Waals surface area contributed by atoms with Gasteiger partial charge in [-0.05, 0) is 30.9 Å². The summed E-state index contributed by atoms with van der Waals surface area (Å²) in [5.74, 6) is -0.0653. The van der Waals surface area contributed by atoms with Crippen LogP contribution in [0.4, 0.5) is 4.39 Å². The van der Waals surface area contributed by atoms with Gasteiger partial charge in [0.05, 0.1) is 6.10 Å². The van der Waals surface area contributed by atoms with Crippen LogP contribution in [-0.4, -0.2) is 5.11 Å². The highest BCUT2D eigenvalue weighted by Gasteiger charge is 2.28. The average molecular weight is 259 g/mol. The smallest absolute Gasteiger partial charge is 0.130 e. The minimum atomic E-state index is -0.628. The Morgan fingerprint density at radius 2 is 2.14 bits per heavy atom. The highest BCUT2D eigenvalue weighted by Crippen LogP contribution is 2.38. The minimum Gasteiger partial charge on any atom is -0.388 e. The van der Waals surface area contributed by atoms with Crippen LogP contribution in [0.1, 0.15) is 30.9 Å². The van der Waals surface area contributed by atoms with Crippen molar-refractivity contribution in [1.29, 1.82) is 0 Å². The van der Waals surface area contributed by atoms with Crippen LogP contribution in [0.2, 0.25) is 0 Å². The Bertz CT molecular complexity index is 336. The van der Waals surface area contributed by atoms with Crippen molar-refractivity contribution in [3.63, 3.8) is 0 Å². The fourth-order valence-corrected chi connectivity index (χ4v) is 2.08. The van der Waals surface area contributed by atoms with Crippen LogP contribution in [0.3, 0.4) is 0 Å². The van der Waals surface area contributed by atoms with E-state index in [1.54, 1.807) is 12.1 Å². The van der Waals surface area contributed by atoms with Crippen molar-refractivity contribution in [3.8, 4) is 0 Å². The van der Waals surface area contributed by atoms with Crippen molar-refractivity contribution in [2.45, 2.75) is 25.4 Å². The molecule has 0 heterocycles. The fraction of sp³-hybridized carbons (Fsp3) is 0.455. The topological polar surface area (TPSA) is 20.2 Å². The molecule has 76 valence electrons. The van der Waals surface area contributed by atoms with Crippen LogP contribution < -0.4 is 0 Å². The summed E-state index contributed by atoms with van der Waals surface area (Å²) < 4.78 is 14.1. The Morgan fingerprint density at radius 3 is 2.64 bits per heavy atom. The molecule has 1 fully saturated rings. The number of hydrogen-bond acceptors (Lipinski definition) is 1. The molecule has 0 aliphatic heterocycles. The molecule has 1 atom stereocenters. The first-order valence-corrected chi connectivity index (χ1v) is 5.61. The molecule has 14 heavy (non-hydrogen) atoms. The summed E-state index contributed by atoms with van der Waals surface area (Å²) in [5, 5.41) is 9.86. The van der Waals surface area contributed by atoms with Crippen LogP contribution in [0, 0.1) is 11.7 Å². The summed E-state index contributed by atoms with van der Waals surface area (Å²) in [7, 11) is 0. The van der Waals surface area contributed by atoms with Gasteiger partial charge in [-0.25, -0.2) is 4.39 Å². The number of halogens is 2. The van der Waals surface area contributed by atoms with Crippen molar-refractivity contribution in [2.75, 3.05) is 0 Å². The quantitative estimate of drug-likeness (QED) is 0.862. The van der Waals surface area contributed by atoms with E-state index in [0.29, 0.717) is 10.0 Å². The third kappa shape index (κ3) is 1.84. The van der Waals surface area contributed by atoms with Crippen molar-refractivity contribution in [1.82, 2.24) is 0 Å². The molecule has 0 radical (unpaired) electrons. The molecule has 0 saturated heterocycles. The van der Waals surface area contributed by atoms with Gasteiger partial charge in [0.15, 0.2) is 0 Å². The van der Waals surface area contributed by atoms with Crippen LogP contribution in [0.25, 0.3) is 0 Å².